The lowest BCUT2D eigenvalue weighted by Gasteiger charge is -2.04. The summed E-state index contributed by atoms with van der Waals surface area (Å²) in [7, 11) is 0. The highest BCUT2D eigenvalue weighted by molar-refractivity contribution is 5.88. The molecular weight excluding hydrogens is 140 g/mol. The number of esters is 1. The molecule has 0 aliphatic carbocycles. The Bertz CT molecular complexity index is 168. The second-order valence-corrected chi connectivity index (χ2v) is 2.48. The summed E-state index contributed by atoms with van der Waals surface area (Å²) >= 11 is 0. The van der Waals surface area contributed by atoms with E-state index in [0.717, 1.165) is 17.6 Å². The Kier molecular flexibility index (Phi) is 4.59. The third-order valence-corrected chi connectivity index (χ3v) is 1.75. The van der Waals surface area contributed by atoms with Crippen LogP contribution in [0.4, 0.5) is 0 Å². The average Bonchev–Trinajstić information content (AvgIpc) is 2.02. The van der Waals surface area contributed by atoms with E-state index in [1.807, 2.05) is 20.8 Å². The number of ether oxygens (including phenoxy) is 1. The second kappa shape index (κ2) is 4.94. The average molecular weight is 156 g/mol. The molecule has 0 aromatic rings. The van der Waals surface area contributed by atoms with Crippen LogP contribution >= 0.6 is 0 Å². The first-order valence-electron chi connectivity index (χ1n) is 3.96. The quantitative estimate of drug-likeness (QED) is 0.463. The molecule has 0 amide bonds. The summed E-state index contributed by atoms with van der Waals surface area (Å²) in [6.07, 6.45) is 0.907. The molecule has 11 heavy (non-hydrogen) atoms. The van der Waals surface area contributed by atoms with Gasteiger partial charge in [0.2, 0.25) is 0 Å². The number of allylic oxidation sites excluding steroid dienone is 1. The van der Waals surface area contributed by atoms with Crippen molar-refractivity contribution in [2.24, 2.45) is 0 Å². The van der Waals surface area contributed by atoms with Crippen LogP contribution in [-0.4, -0.2) is 12.6 Å². The van der Waals surface area contributed by atoms with E-state index < -0.39 is 0 Å². The maximum absolute atomic E-state index is 11.1. The molecule has 0 heterocycles. The van der Waals surface area contributed by atoms with Gasteiger partial charge in [0.15, 0.2) is 0 Å². The summed E-state index contributed by atoms with van der Waals surface area (Å²) in [5.41, 5.74) is 1.85. The number of hydrogen-bond acceptors (Lipinski definition) is 2. The molecule has 0 fully saturated rings. The molecule has 0 spiro atoms. The van der Waals surface area contributed by atoms with E-state index in [2.05, 4.69) is 0 Å². The Labute approximate surface area is 68.2 Å². The zero-order valence-corrected chi connectivity index (χ0v) is 7.73. The summed E-state index contributed by atoms with van der Waals surface area (Å²) < 4.78 is 4.83. The molecule has 64 valence electrons. The number of hydrogen-bond donors (Lipinski definition) is 0. The second-order valence-electron chi connectivity index (χ2n) is 2.48. The molecule has 0 atom stereocenters. The Morgan fingerprint density at radius 2 is 1.82 bits per heavy atom. The van der Waals surface area contributed by atoms with E-state index in [-0.39, 0.29) is 5.97 Å². The van der Waals surface area contributed by atoms with E-state index in [1.165, 1.54) is 0 Å². The van der Waals surface area contributed by atoms with E-state index in [1.54, 1.807) is 6.92 Å². The van der Waals surface area contributed by atoms with Gasteiger partial charge in [-0.25, -0.2) is 4.79 Å². The lowest BCUT2D eigenvalue weighted by Crippen LogP contribution is -2.06. The van der Waals surface area contributed by atoms with Crippen molar-refractivity contribution in [3.63, 3.8) is 0 Å². The molecule has 0 N–H and O–H groups in total. The third kappa shape index (κ3) is 3.21. The van der Waals surface area contributed by atoms with E-state index in [4.69, 9.17) is 4.74 Å². The van der Waals surface area contributed by atoms with Crippen LogP contribution in [0.5, 0.6) is 0 Å². The zero-order chi connectivity index (χ0) is 8.85. The first kappa shape index (κ1) is 10.2. The van der Waals surface area contributed by atoms with Crippen molar-refractivity contribution >= 4 is 5.97 Å². The van der Waals surface area contributed by atoms with Crippen LogP contribution in [0.3, 0.4) is 0 Å². The molecule has 0 aliphatic heterocycles. The minimum Gasteiger partial charge on any atom is -0.463 e. The van der Waals surface area contributed by atoms with Crippen molar-refractivity contribution in [3.8, 4) is 0 Å². The van der Waals surface area contributed by atoms with Gasteiger partial charge in [-0.15, -0.1) is 0 Å². The summed E-state index contributed by atoms with van der Waals surface area (Å²) in [5, 5.41) is 0. The van der Waals surface area contributed by atoms with E-state index in [0.29, 0.717) is 6.61 Å². The minimum atomic E-state index is -0.188. The Morgan fingerprint density at radius 1 is 1.27 bits per heavy atom. The van der Waals surface area contributed by atoms with Gasteiger partial charge >= 0.3 is 5.97 Å². The van der Waals surface area contributed by atoms with Gasteiger partial charge in [-0.2, -0.15) is 0 Å². The van der Waals surface area contributed by atoms with Crippen molar-refractivity contribution in [1.29, 1.82) is 0 Å². The van der Waals surface area contributed by atoms with Gasteiger partial charge in [-0.05, 0) is 27.2 Å². The van der Waals surface area contributed by atoms with Crippen molar-refractivity contribution in [3.05, 3.63) is 11.1 Å². The fourth-order valence-electron chi connectivity index (χ4n) is 0.679. The van der Waals surface area contributed by atoms with E-state index in [9.17, 15) is 4.79 Å². The van der Waals surface area contributed by atoms with Crippen molar-refractivity contribution in [2.75, 3.05) is 6.61 Å². The largest absolute Gasteiger partial charge is 0.463 e. The molecule has 0 radical (unpaired) electrons. The molecule has 2 heteroatoms. The fourth-order valence-corrected chi connectivity index (χ4v) is 0.679. The predicted molar refractivity (Wildman–Crippen MR) is 45.3 cm³/mol. The first-order chi connectivity index (χ1) is 5.13. The standard InChI is InChI=1S/C9H16O2/c1-5-7(3)8(4)9(10)11-6-2/h5-6H2,1-4H3/b8-7-. The van der Waals surface area contributed by atoms with Gasteiger partial charge in [-0.3, -0.25) is 0 Å². The summed E-state index contributed by atoms with van der Waals surface area (Å²) in [4.78, 5) is 11.1. The molecule has 0 rings (SSSR count). The maximum atomic E-state index is 11.1. The highest BCUT2D eigenvalue weighted by atomic mass is 16.5. The summed E-state index contributed by atoms with van der Waals surface area (Å²) in [6.45, 7) is 8.04. The monoisotopic (exact) mass is 156 g/mol. The number of carbonyl (C=O) groups is 1. The maximum Gasteiger partial charge on any atom is 0.333 e. The Balaban J connectivity index is 4.22. The SMILES string of the molecule is CCOC(=O)/C(C)=C(/C)CC. The van der Waals surface area contributed by atoms with Crippen LogP contribution in [0.2, 0.25) is 0 Å². The lowest BCUT2D eigenvalue weighted by molar-refractivity contribution is -0.138. The molecular formula is C9H16O2. The predicted octanol–water partition coefficient (Wildman–Crippen LogP) is 2.30. The lowest BCUT2D eigenvalue weighted by atomic mass is 10.1. The first-order valence-corrected chi connectivity index (χ1v) is 3.96. The zero-order valence-electron chi connectivity index (χ0n) is 7.73. The van der Waals surface area contributed by atoms with Gasteiger partial charge in [-0.1, -0.05) is 12.5 Å². The fraction of sp³-hybridized carbons (Fsp3) is 0.667. The van der Waals surface area contributed by atoms with Gasteiger partial charge in [0.05, 0.1) is 6.61 Å². The molecule has 0 aromatic carbocycles. The molecule has 2 nitrogen and oxygen atoms in total. The summed E-state index contributed by atoms with van der Waals surface area (Å²) in [5.74, 6) is -0.188. The van der Waals surface area contributed by atoms with E-state index >= 15 is 0 Å². The van der Waals surface area contributed by atoms with Crippen LogP contribution in [0.15, 0.2) is 11.1 Å². The van der Waals surface area contributed by atoms with Gasteiger partial charge < -0.3 is 4.74 Å². The van der Waals surface area contributed by atoms with Crippen LogP contribution in [0, 0.1) is 0 Å². The normalized spacial score (nSPS) is 12.4. The van der Waals surface area contributed by atoms with Crippen molar-refractivity contribution in [1.82, 2.24) is 0 Å². The smallest absolute Gasteiger partial charge is 0.333 e. The highest BCUT2D eigenvalue weighted by Gasteiger charge is 2.06. The molecule has 0 saturated carbocycles. The Hall–Kier alpha value is -0.790. The highest BCUT2D eigenvalue weighted by Crippen LogP contribution is 2.08. The molecule has 0 bridgehead atoms. The molecule has 0 aromatic heterocycles. The van der Waals surface area contributed by atoms with Crippen LogP contribution < -0.4 is 0 Å². The topological polar surface area (TPSA) is 26.3 Å². The minimum absolute atomic E-state index is 0.188. The number of rotatable bonds is 3. The molecule has 0 aliphatic rings. The number of carbonyl (C=O) groups excluding carboxylic acids is 1. The molecule has 0 saturated heterocycles. The van der Waals surface area contributed by atoms with Gasteiger partial charge in [0.1, 0.15) is 0 Å². The third-order valence-electron chi connectivity index (χ3n) is 1.75. The Morgan fingerprint density at radius 3 is 2.18 bits per heavy atom. The summed E-state index contributed by atoms with van der Waals surface area (Å²) in [6, 6.07) is 0. The van der Waals surface area contributed by atoms with Crippen molar-refractivity contribution in [2.45, 2.75) is 34.1 Å². The van der Waals surface area contributed by atoms with Gasteiger partial charge in [0.25, 0.3) is 0 Å². The van der Waals surface area contributed by atoms with Crippen LogP contribution in [-0.2, 0) is 9.53 Å². The van der Waals surface area contributed by atoms with Crippen molar-refractivity contribution < 1.29 is 9.53 Å². The molecule has 0 unspecified atom stereocenters. The van der Waals surface area contributed by atoms with Crippen LogP contribution in [0.1, 0.15) is 34.1 Å². The van der Waals surface area contributed by atoms with Crippen LogP contribution in [0.25, 0.3) is 0 Å². The van der Waals surface area contributed by atoms with Gasteiger partial charge in [0, 0.05) is 5.57 Å².